The van der Waals surface area contributed by atoms with Gasteiger partial charge in [0.15, 0.2) is 6.54 Å². The number of likely N-dealkylation sites (N-methyl/N-ethyl adjacent to an activating group) is 1. The minimum atomic E-state index is -4.47. The minimum absolute atomic E-state index is 0.0323. The number of quaternary nitrogens is 1. The standard InChI is InChI=1S/C17H25F3NO3/c1-16(2,3)24-15(23)12-21(4,9-10-22)11-13-7-5-6-8-14(13)17(18,19)20/h5-8,22H,9-12H2,1-4H3/q+1/t21-/m0/s1. The molecule has 0 amide bonds. The maximum Gasteiger partial charge on any atom is 0.416 e. The van der Waals surface area contributed by atoms with Crippen molar-refractivity contribution in [2.75, 3.05) is 26.7 Å². The van der Waals surface area contributed by atoms with Crippen LogP contribution in [-0.2, 0) is 22.3 Å². The van der Waals surface area contributed by atoms with E-state index in [9.17, 15) is 23.1 Å². The van der Waals surface area contributed by atoms with Gasteiger partial charge in [-0.2, -0.15) is 13.2 Å². The van der Waals surface area contributed by atoms with Gasteiger partial charge in [0, 0.05) is 5.56 Å². The number of alkyl halides is 3. The van der Waals surface area contributed by atoms with Crippen LogP contribution in [0.15, 0.2) is 24.3 Å². The van der Waals surface area contributed by atoms with E-state index in [-0.39, 0.29) is 36.3 Å². The molecule has 0 aliphatic carbocycles. The Hall–Kier alpha value is -1.60. The Morgan fingerprint density at radius 1 is 1.21 bits per heavy atom. The second-order valence-corrected chi connectivity index (χ2v) is 7.12. The number of ether oxygens (including phenoxy) is 1. The molecular formula is C17H25F3NO3+. The molecule has 136 valence electrons. The lowest BCUT2D eigenvalue weighted by Gasteiger charge is -2.34. The van der Waals surface area contributed by atoms with E-state index in [2.05, 4.69) is 0 Å². The number of hydrogen-bond acceptors (Lipinski definition) is 3. The summed E-state index contributed by atoms with van der Waals surface area (Å²) in [5, 5.41) is 9.26. The van der Waals surface area contributed by atoms with Crippen molar-refractivity contribution in [2.45, 2.75) is 39.1 Å². The third-order valence-corrected chi connectivity index (χ3v) is 3.45. The molecule has 1 rings (SSSR count). The molecule has 1 aromatic rings. The maximum absolute atomic E-state index is 13.1. The third-order valence-electron chi connectivity index (χ3n) is 3.45. The zero-order valence-corrected chi connectivity index (χ0v) is 14.5. The molecule has 0 saturated carbocycles. The lowest BCUT2D eigenvalue weighted by Crippen LogP contribution is -2.50. The molecule has 1 atom stereocenters. The van der Waals surface area contributed by atoms with Gasteiger partial charge >= 0.3 is 12.1 Å². The van der Waals surface area contributed by atoms with Crippen LogP contribution in [0.4, 0.5) is 13.2 Å². The van der Waals surface area contributed by atoms with Gasteiger partial charge in [-0.25, -0.2) is 4.79 Å². The van der Waals surface area contributed by atoms with Crippen molar-refractivity contribution in [3.8, 4) is 0 Å². The van der Waals surface area contributed by atoms with Crippen molar-refractivity contribution in [1.82, 2.24) is 0 Å². The van der Waals surface area contributed by atoms with Gasteiger partial charge in [-0.3, -0.25) is 0 Å². The number of aliphatic hydroxyl groups excluding tert-OH is 1. The molecular weight excluding hydrogens is 323 g/mol. The highest BCUT2D eigenvalue weighted by Crippen LogP contribution is 2.33. The summed E-state index contributed by atoms with van der Waals surface area (Å²) >= 11 is 0. The van der Waals surface area contributed by atoms with Crippen LogP contribution >= 0.6 is 0 Å². The van der Waals surface area contributed by atoms with Gasteiger partial charge in [-0.15, -0.1) is 0 Å². The molecule has 0 aromatic heterocycles. The molecule has 0 heterocycles. The quantitative estimate of drug-likeness (QED) is 0.635. The predicted octanol–water partition coefficient (Wildman–Crippen LogP) is 2.99. The number of rotatable bonds is 6. The number of carbonyl (C=O) groups is 1. The highest BCUT2D eigenvalue weighted by atomic mass is 19.4. The molecule has 1 N–H and O–H groups in total. The van der Waals surface area contributed by atoms with E-state index in [1.807, 2.05) is 0 Å². The zero-order chi connectivity index (χ0) is 18.6. The van der Waals surface area contributed by atoms with E-state index in [4.69, 9.17) is 4.74 Å². The van der Waals surface area contributed by atoms with Gasteiger partial charge in [0.2, 0.25) is 0 Å². The number of carbonyl (C=O) groups excluding carboxylic acids is 1. The topological polar surface area (TPSA) is 46.5 Å². The van der Waals surface area contributed by atoms with Gasteiger partial charge in [0.25, 0.3) is 0 Å². The molecule has 0 aliphatic rings. The van der Waals surface area contributed by atoms with Crippen molar-refractivity contribution in [1.29, 1.82) is 0 Å². The van der Waals surface area contributed by atoms with Crippen LogP contribution in [0.5, 0.6) is 0 Å². The lowest BCUT2D eigenvalue weighted by atomic mass is 10.1. The van der Waals surface area contributed by atoms with Gasteiger partial charge in [0.05, 0.1) is 19.2 Å². The lowest BCUT2D eigenvalue weighted by molar-refractivity contribution is -0.916. The van der Waals surface area contributed by atoms with Crippen LogP contribution in [-0.4, -0.2) is 47.9 Å². The molecule has 7 heteroatoms. The Labute approximate surface area is 140 Å². The molecule has 0 fully saturated rings. The molecule has 0 unspecified atom stereocenters. The van der Waals surface area contributed by atoms with Crippen molar-refractivity contribution in [3.63, 3.8) is 0 Å². The normalized spacial score (nSPS) is 15.0. The van der Waals surface area contributed by atoms with E-state index >= 15 is 0 Å². The number of nitrogens with zero attached hydrogens (tertiary/aromatic N) is 1. The Bertz CT molecular complexity index is 567. The predicted molar refractivity (Wildman–Crippen MR) is 84.0 cm³/mol. The first-order valence-electron chi connectivity index (χ1n) is 7.68. The molecule has 0 saturated heterocycles. The SMILES string of the molecule is CC(C)(C)OC(=O)C[N@@+](C)(CCO)Cc1ccccc1C(F)(F)F. The summed E-state index contributed by atoms with van der Waals surface area (Å²) in [5.41, 5.74) is -1.31. The van der Waals surface area contributed by atoms with Gasteiger partial charge in [-0.05, 0) is 26.8 Å². The van der Waals surface area contributed by atoms with E-state index in [1.54, 1.807) is 27.8 Å². The average molecular weight is 348 g/mol. The van der Waals surface area contributed by atoms with E-state index < -0.39 is 23.3 Å². The summed E-state index contributed by atoms with van der Waals surface area (Å²) in [6.07, 6.45) is -4.47. The third kappa shape index (κ3) is 6.49. The molecule has 0 spiro atoms. The van der Waals surface area contributed by atoms with E-state index in [1.165, 1.54) is 18.2 Å². The summed E-state index contributed by atoms with van der Waals surface area (Å²) in [6.45, 7) is 4.92. The molecule has 0 aliphatic heterocycles. The fourth-order valence-corrected chi connectivity index (χ4v) is 2.49. The second-order valence-electron chi connectivity index (χ2n) is 7.12. The van der Waals surface area contributed by atoms with Crippen molar-refractivity contribution in [3.05, 3.63) is 35.4 Å². The molecule has 0 bridgehead atoms. The molecule has 0 radical (unpaired) electrons. The zero-order valence-electron chi connectivity index (χ0n) is 14.5. The molecule has 1 aromatic carbocycles. The van der Waals surface area contributed by atoms with Crippen LogP contribution in [0.2, 0.25) is 0 Å². The Morgan fingerprint density at radius 3 is 2.29 bits per heavy atom. The maximum atomic E-state index is 13.1. The van der Waals surface area contributed by atoms with Gasteiger partial charge < -0.3 is 14.3 Å². The first kappa shape index (κ1) is 20.4. The number of hydrogen-bond donors (Lipinski definition) is 1. The molecule has 4 nitrogen and oxygen atoms in total. The summed E-state index contributed by atoms with van der Waals surface area (Å²) in [5.74, 6) is -0.511. The fraction of sp³-hybridized carbons (Fsp3) is 0.588. The summed E-state index contributed by atoms with van der Waals surface area (Å²) in [4.78, 5) is 12.1. The highest BCUT2D eigenvalue weighted by molar-refractivity contribution is 5.71. The minimum Gasteiger partial charge on any atom is -0.456 e. The van der Waals surface area contributed by atoms with Crippen LogP contribution in [0.3, 0.4) is 0 Å². The van der Waals surface area contributed by atoms with Crippen LogP contribution < -0.4 is 0 Å². The van der Waals surface area contributed by atoms with Gasteiger partial charge in [-0.1, -0.05) is 18.2 Å². The fourth-order valence-electron chi connectivity index (χ4n) is 2.49. The largest absolute Gasteiger partial charge is 0.456 e. The smallest absolute Gasteiger partial charge is 0.416 e. The Morgan fingerprint density at radius 2 is 1.79 bits per heavy atom. The summed E-state index contributed by atoms with van der Waals surface area (Å²) < 4.78 is 44.6. The first-order chi connectivity index (χ1) is 10.9. The van der Waals surface area contributed by atoms with Crippen LogP contribution in [0.25, 0.3) is 0 Å². The number of aliphatic hydroxyl groups is 1. The summed E-state index contributed by atoms with van der Waals surface area (Å²) in [7, 11) is 1.63. The molecule has 24 heavy (non-hydrogen) atoms. The number of esters is 1. The number of benzene rings is 1. The van der Waals surface area contributed by atoms with Gasteiger partial charge in [0.1, 0.15) is 18.7 Å². The monoisotopic (exact) mass is 348 g/mol. The highest BCUT2D eigenvalue weighted by Gasteiger charge is 2.36. The first-order valence-corrected chi connectivity index (χ1v) is 7.68. The average Bonchev–Trinajstić information content (AvgIpc) is 2.35. The number of halogens is 3. The van der Waals surface area contributed by atoms with Crippen molar-refractivity contribution >= 4 is 5.97 Å². The van der Waals surface area contributed by atoms with Crippen LogP contribution in [0.1, 0.15) is 31.9 Å². The van der Waals surface area contributed by atoms with Crippen molar-refractivity contribution in [2.24, 2.45) is 0 Å². The Kier molecular flexibility index (Phi) is 6.41. The van der Waals surface area contributed by atoms with Crippen LogP contribution in [0, 0.1) is 0 Å². The van der Waals surface area contributed by atoms with E-state index in [0.29, 0.717) is 0 Å². The summed E-state index contributed by atoms with van der Waals surface area (Å²) in [6, 6.07) is 5.27. The van der Waals surface area contributed by atoms with Crippen molar-refractivity contribution < 1.29 is 32.3 Å². The van der Waals surface area contributed by atoms with E-state index in [0.717, 1.165) is 6.07 Å². The second kappa shape index (κ2) is 7.53. The Balaban J connectivity index is 3.03.